The number of hydrogen-bond donors (Lipinski definition) is 5. The maximum atomic E-state index is 12.4. The molecule has 2 aromatic carbocycles. The van der Waals surface area contributed by atoms with E-state index in [0.717, 1.165) is 28.1 Å². The fraction of sp³-hybridized carbons (Fsp3) is 0.389. The quantitative estimate of drug-likeness (QED) is 0.524. The molecule has 0 saturated carbocycles. The van der Waals surface area contributed by atoms with E-state index in [0.29, 0.717) is 0 Å². The van der Waals surface area contributed by atoms with E-state index >= 15 is 0 Å². The van der Waals surface area contributed by atoms with Gasteiger partial charge in [-0.2, -0.15) is 0 Å². The number of hydrogen-bond acceptors (Lipinski definition) is 6. The lowest BCUT2D eigenvalue weighted by Crippen LogP contribution is -2.60. The Labute approximate surface area is 149 Å². The Kier molecular flexibility index (Phi) is 5.61. The van der Waals surface area contributed by atoms with Crippen LogP contribution < -0.4 is 5.32 Å². The zero-order chi connectivity index (χ0) is 18.0. The molecule has 5 atom stereocenters. The Morgan fingerprint density at radius 1 is 1.04 bits per heavy atom. The van der Waals surface area contributed by atoms with Crippen LogP contribution in [0.4, 0.5) is 0 Å². The third kappa shape index (κ3) is 3.80. The molecule has 7 heteroatoms. The van der Waals surface area contributed by atoms with Crippen molar-refractivity contribution in [3.63, 3.8) is 0 Å². The van der Waals surface area contributed by atoms with Crippen LogP contribution in [0.15, 0.2) is 42.5 Å². The zero-order valence-corrected chi connectivity index (χ0v) is 14.3. The average molecular weight is 363 g/mol. The number of carbonyl (C=O) groups excluding carboxylic acids is 1. The van der Waals surface area contributed by atoms with Crippen molar-refractivity contribution in [1.29, 1.82) is 0 Å². The van der Waals surface area contributed by atoms with Crippen molar-refractivity contribution < 1.29 is 25.2 Å². The van der Waals surface area contributed by atoms with Crippen LogP contribution >= 0.6 is 11.8 Å². The lowest BCUT2D eigenvalue weighted by Gasteiger charge is -2.39. The third-order valence-corrected chi connectivity index (χ3v) is 5.81. The van der Waals surface area contributed by atoms with Crippen molar-refractivity contribution in [1.82, 2.24) is 5.32 Å². The van der Waals surface area contributed by atoms with Crippen molar-refractivity contribution in [3.05, 3.63) is 48.0 Å². The van der Waals surface area contributed by atoms with E-state index in [9.17, 15) is 25.2 Å². The van der Waals surface area contributed by atoms with E-state index in [-0.39, 0.29) is 18.9 Å². The molecule has 2 aromatic rings. The second kappa shape index (κ2) is 7.72. The summed E-state index contributed by atoms with van der Waals surface area (Å²) in [6, 6.07) is 12.4. The van der Waals surface area contributed by atoms with Gasteiger partial charge < -0.3 is 25.7 Å². The second-order valence-electron chi connectivity index (χ2n) is 6.14. The summed E-state index contributed by atoms with van der Waals surface area (Å²) in [5.74, 6) is -0.352. The van der Waals surface area contributed by atoms with Crippen LogP contribution in [0.2, 0.25) is 0 Å². The molecular weight excluding hydrogens is 342 g/mol. The maximum Gasteiger partial charge on any atom is 0.224 e. The molecule has 5 N–H and O–H groups in total. The number of thioether (sulfide) groups is 1. The second-order valence-corrected chi connectivity index (χ2v) is 7.50. The highest BCUT2D eigenvalue weighted by Crippen LogP contribution is 2.31. The summed E-state index contributed by atoms with van der Waals surface area (Å²) in [6.07, 6.45) is -2.47. The van der Waals surface area contributed by atoms with Crippen LogP contribution in [0.5, 0.6) is 0 Å². The van der Waals surface area contributed by atoms with Gasteiger partial charge in [0.25, 0.3) is 0 Å². The number of fused-ring (bicyclic) bond motifs is 1. The molecule has 1 saturated heterocycles. The van der Waals surface area contributed by atoms with Crippen LogP contribution in [-0.2, 0) is 11.2 Å². The van der Waals surface area contributed by atoms with Crippen molar-refractivity contribution in [3.8, 4) is 0 Å². The summed E-state index contributed by atoms with van der Waals surface area (Å²) >= 11 is 0.938. The summed E-state index contributed by atoms with van der Waals surface area (Å²) in [7, 11) is 0. The summed E-state index contributed by atoms with van der Waals surface area (Å²) in [4.78, 5) is 12.4. The number of amides is 1. The number of rotatable bonds is 4. The summed E-state index contributed by atoms with van der Waals surface area (Å²) in [6.45, 7) is -0.364. The van der Waals surface area contributed by atoms with Gasteiger partial charge in [-0.3, -0.25) is 4.79 Å². The number of benzene rings is 2. The molecule has 0 radical (unpaired) electrons. The number of nitrogens with one attached hydrogen (secondary N) is 1. The SMILES string of the molecule is O=C(Cc1cccc2ccccc12)NC1C(O)SC(CO)C(O)C1O. The van der Waals surface area contributed by atoms with Crippen LogP contribution in [0.3, 0.4) is 0 Å². The average Bonchev–Trinajstić information content (AvgIpc) is 2.62. The highest BCUT2D eigenvalue weighted by atomic mass is 32.2. The minimum Gasteiger partial charge on any atom is -0.395 e. The molecule has 1 aliphatic rings. The molecule has 5 unspecified atom stereocenters. The molecular formula is C18H21NO5S. The van der Waals surface area contributed by atoms with Gasteiger partial charge in [0, 0.05) is 0 Å². The van der Waals surface area contributed by atoms with Gasteiger partial charge in [0.05, 0.1) is 30.4 Å². The zero-order valence-electron chi connectivity index (χ0n) is 13.4. The van der Waals surface area contributed by atoms with E-state index < -0.39 is 28.9 Å². The molecule has 1 heterocycles. The van der Waals surface area contributed by atoms with Gasteiger partial charge >= 0.3 is 0 Å². The largest absolute Gasteiger partial charge is 0.395 e. The highest BCUT2D eigenvalue weighted by molar-refractivity contribution is 8.00. The summed E-state index contributed by atoms with van der Waals surface area (Å²) in [5.41, 5.74) is -0.260. The number of carbonyl (C=O) groups is 1. The standard InChI is InChI=1S/C18H21NO5S/c20-9-13-16(22)17(23)15(18(24)25-13)19-14(21)8-11-6-3-5-10-4-1-2-7-12(10)11/h1-7,13,15-18,20,22-24H,8-9H2,(H,19,21). The normalized spacial score (nSPS) is 29.5. The molecule has 25 heavy (non-hydrogen) atoms. The smallest absolute Gasteiger partial charge is 0.224 e. The Bertz CT molecular complexity index is 750. The number of aliphatic hydroxyl groups is 4. The molecule has 0 bridgehead atoms. The molecule has 6 nitrogen and oxygen atoms in total. The van der Waals surface area contributed by atoms with Gasteiger partial charge in [0.1, 0.15) is 11.5 Å². The summed E-state index contributed by atoms with van der Waals surface area (Å²) in [5, 5.41) is 43.3. The highest BCUT2D eigenvalue weighted by Gasteiger charge is 2.43. The van der Waals surface area contributed by atoms with Crippen LogP contribution in [-0.4, -0.2) is 61.9 Å². The van der Waals surface area contributed by atoms with E-state index in [4.69, 9.17) is 0 Å². The van der Waals surface area contributed by atoms with Crippen LogP contribution in [0.1, 0.15) is 5.56 Å². The lowest BCUT2D eigenvalue weighted by atomic mass is 10.00. The minimum absolute atomic E-state index is 0.0987. The van der Waals surface area contributed by atoms with E-state index in [1.165, 1.54) is 0 Å². The van der Waals surface area contributed by atoms with Crippen molar-refractivity contribution >= 4 is 28.4 Å². The minimum atomic E-state index is -1.34. The van der Waals surface area contributed by atoms with Crippen molar-refractivity contribution in [2.24, 2.45) is 0 Å². The van der Waals surface area contributed by atoms with E-state index in [2.05, 4.69) is 5.32 Å². The topological polar surface area (TPSA) is 110 Å². The lowest BCUT2D eigenvalue weighted by molar-refractivity contribution is -0.124. The molecule has 1 aliphatic heterocycles. The van der Waals surface area contributed by atoms with Crippen LogP contribution in [0, 0.1) is 0 Å². The predicted molar refractivity (Wildman–Crippen MR) is 96.1 cm³/mol. The van der Waals surface area contributed by atoms with Gasteiger partial charge in [-0.05, 0) is 16.3 Å². The molecule has 0 spiro atoms. The van der Waals surface area contributed by atoms with Gasteiger partial charge in [-0.25, -0.2) is 0 Å². The molecule has 3 rings (SSSR count). The molecule has 1 fully saturated rings. The van der Waals surface area contributed by atoms with Gasteiger partial charge in [0.15, 0.2) is 0 Å². The summed E-state index contributed by atoms with van der Waals surface area (Å²) < 4.78 is 0. The first-order chi connectivity index (χ1) is 12.0. The maximum absolute atomic E-state index is 12.4. The molecule has 0 aliphatic carbocycles. The van der Waals surface area contributed by atoms with E-state index in [1.807, 2.05) is 42.5 Å². The van der Waals surface area contributed by atoms with Gasteiger partial charge in [-0.1, -0.05) is 42.5 Å². The number of aliphatic hydroxyl groups excluding tert-OH is 4. The van der Waals surface area contributed by atoms with E-state index in [1.54, 1.807) is 0 Å². The first-order valence-electron chi connectivity index (χ1n) is 8.08. The van der Waals surface area contributed by atoms with Crippen molar-refractivity contribution in [2.75, 3.05) is 6.61 Å². The Hall–Kier alpha value is -1.64. The Morgan fingerprint density at radius 3 is 2.52 bits per heavy atom. The fourth-order valence-corrected chi connectivity index (χ4v) is 4.27. The van der Waals surface area contributed by atoms with Gasteiger partial charge in [0.2, 0.25) is 5.91 Å². The van der Waals surface area contributed by atoms with Gasteiger partial charge in [-0.15, -0.1) is 11.8 Å². The monoisotopic (exact) mass is 363 g/mol. The van der Waals surface area contributed by atoms with Crippen molar-refractivity contribution in [2.45, 2.75) is 35.4 Å². The Balaban J connectivity index is 1.72. The van der Waals surface area contributed by atoms with Crippen LogP contribution in [0.25, 0.3) is 10.8 Å². The first kappa shape index (κ1) is 18.2. The molecule has 134 valence electrons. The molecule has 0 aromatic heterocycles. The Morgan fingerprint density at radius 2 is 1.76 bits per heavy atom. The predicted octanol–water partition coefficient (Wildman–Crippen LogP) is 0.0150. The fourth-order valence-electron chi connectivity index (χ4n) is 3.11. The first-order valence-corrected chi connectivity index (χ1v) is 9.02. The third-order valence-electron chi connectivity index (χ3n) is 4.46. The molecule has 1 amide bonds.